The van der Waals surface area contributed by atoms with Crippen LogP contribution in [0.1, 0.15) is 64.2 Å². The van der Waals surface area contributed by atoms with Crippen molar-refractivity contribution in [3.63, 3.8) is 0 Å². The van der Waals surface area contributed by atoms with Gasteiger partial charge in [0.15, 0.2) is 0 Å². The van der Waals surface area contributed by atoms with E-state index in [1.54, 1.807) is 0 Å². The molecule has 0 atom stereocenters. The van der Waals surface area contributed by atoms with Gasteiger partial charge in [-0.05, 0) is 37.8 Å². The fraction of sp³-hybridized carbons (Fsp3) is 0.591. The highest BCUT2D eigenvalue weighted by Crippen LogP contribution is 2.34. The summed E-state index contributed by atoms with van der Waals surface area (Å²) in [6.07, 6.45) is 9.64. The quantitative estimate of drug-likeness (QED) is 0.808. The lowest BCUT2D eigenvalue weighted by Crippen LogP contribution is -2.50. The number of hydrogen-bond acceptors (Lipinski definition) is 3. The van der Waals surface area contributed by atoms with Gasteiger partial charge in [0, 0.05) is 11.7 Å². The van der Waals surface area contributed by atoms with Crippen molar-refractivity contribution in [2.45, 2.75) is 75.8 Å². The zero-order valence-corrected chi connectivity index (χ0v) is 16.4. The summed E-state index contributed by atoms with van der Waals surface area (Å²) >= 11 is 0. The highest BCUT2D eigenvalue weighted by Gasteiger charge is 2.52. The molecule has 1 spiro atoms. The van der Waals surface area contributed by atoms with Crippen molar-refractivity contribution in [3.05, 3.63) is 30.3 Å². The van der Waals surface area contributed by atoms with Crippen LogP contribution in [0.25, 0.3) is 0 Å². The number of carbonyl (C=O) groups is 3. The summed E-state index contributed by atoms with van der Waals surface area (Å²) in [5, 5.41) is 2.90. The zero-order valence-electron chi connectivity index (χ0n) is 16.4. The first-order valence-corrected chi connectivity index (χ1v) is 10.6. The maximum atomic E-state index is 13.3. The molecule has 4 rings (SSSR count). The van der Waals surface area contributed by atoms with E-state index in [-0.39, 0.29) is 24.4 Å². The third-order valence-electron chi connectivity index (χ3n) is 6.49. The molecule has 28 heavy (non-hydrogen) atoms. The lowest BCUT2D eigenvalue weighted by molar-refractivity contribution is -0.135. The molecule has 0 unspecified atom stereocenters. The normalized spacial score (nSPS) is 22.4. The van der Waals surface area contributed by atoms with E-state index < -0.39 is 11.6 Å². The van der Waals surface area contributed by atoms with E-state index in [2.05, 4.69) is 5.32 Å². The number of nitrogens with one attached hydrogen (secondary N) is 1. The molecule has 3 fully saturated rings. The Labute approximate surface area is 166 Å². The maximum absolute atomic E-state index is 13.3. The van der Waals surface area contributed by atoms with E-state index in [4.69, 9.17) is 0 Å². The molecule has 2 saturated carbocycles. The largest absolute Gasteiger partial charge is 0.325 e. The first kappa shape index (κ1) is 19.0. The molecule has 1 heterocycles. The maximum Gasteiger partial charge on any atom is 0.325 e. The van der Waals surface area contributed by atoms with Crippen molar-refractivity contribution in [1.29, 1.82) is 0 Å². The molecule has 1 saturated heterocycles. The number of carbonyl (C=O) groups excluding carboxylic acids is 3. The van der Waals surface area contributed by atoms with E-state index >= 15 is 0 Å². The summed E-state index contributed by atoms with van der Waals surface area (Å²) in [5.74, 6) is -0.392. The Bertz CT molecular complexity index is 737. The molecule has 3 aliphatic rings. The second-order valence-corrected chi connectivity index (χ2v) is 8.36. The van der Waals surface area contributed by atoms with Crippen molar-refractivity contribution >= 4 is 23.5 Å². The number of urea groups is 1. The topological polar surface area (TPSA) is 69.7 Å². The van der Waals surface area contributed by atoms with Gasteiger partial charge in [0.05, 0.1) is 0 Å². The minimum absolute atomic E-state index is 0.132. The van der Waals surface area contributed by atoms with Crippen LogP contribution < -0.4 is 10.2 Å². The van der Waals surface area contributed by atoms with E-state index in [1.165, 1.54) is 6.42 Å². The molecule has 2 aliphatic carbocycles. The Morgan fingerprint density at radius 3 is 2.32 bits per heavy atom. The van der Waals surface area contributed by atoms with Crippen LogP contribution in [0.5, 0.6) is 0 Å². The number of amides is 4. The zero-order chi connectivity index (χ0) is 19.6. The summed E-state index contributed by atoms with van der Waals surface area (Å²) in [6, 6.07) is 9.34. The van der Waals surface area contributed by atoms with Gasteiger partial charge in [0.2, 0.25) is 5.91 Å². The van der Waals surface area contributed by atoms with Crippen LogP contribution >= 0.6 is 0 Å². The van der Waals surface area contributed by atoms with Gasteiger partial charge in [0.25, 0.3) is 5.91 Å². The molecule has 0 aromatic heterocycles. The average Bonchev–Trinajstić information content (AvgIpc) is 2.94. The minimum Gasteiger partial charge on any atom is -0.323 e. The third-order valence-corrected chi connectivity index (χ3v) is 6.49. The van der Waals surface area contributed by atoms with Crippen LogP contribution in [0.3, 0.4) is 0 Å². The summed E-state index contributed by atoms with van der Waals surface area (Å²) < 4.78 is 0. The van der Waals surface area contributed by atoms with E-state index in [9.17, 15) is 14.4 Å². The first-order valence-electron chi connectivity index (χ1n) is 10.6. The van der Waals surface area contributed by atoms with Crippen molar-refractivity contribution in [2.75, 3.05) is 11.4 Å². The molecular formula is C22H29N3O3. The van der Waals surface area contributed by atoms with Crippen LogP contribution in [-0.2, 0) is 9.59 Å². The lowest BCUT2D eigenvalue weighted by atomic mass is 9.82. The predicted molar refractivity (Wildman–Crippen MR) is 107 cm³/mol. The predicted octanol–water partition coefficient (Wildman–Crippen LogP) is 3.61. The van der Waals surface area contributed by atoms with Gasteiger partial charge >= 0.3 is 6.03 Å². The molecule has 1 aromatic carbocycles. The molecule has 0 bridgehead atoms. The van der Waals surface area contributed by atoms with Gasteiger partial charge in [-0.1, -0.05) is 56.7 Å². The molecule has 1 N–H and O–H groups in total. The Balaban J connectivity index is 1.54. The van der Waals surface area contributed by atoms with E-state index in [1.807, 2.05) is 35.2 Å². The Morgan fingerprint density at radius 1 is 1.00 bits per heavy atom. The van der Waals surface area contributed by atoms with Gasteiger partial charge in [-0.25, -0.2) is 4.79 Å². The Kier molecular flexibility index (Phi) is 5.38. The highest BCUT2D eigenvalue weighted by molar-refractivity contribution is 6.10. The molecule has 0 radical (unpaired) electrons. The van der Waals surface area contributed by atoms with Crippen LogP contribution in [0, 0.1) is 0 Å². The molecule has 1 aliphatic heterocycles. The molecule has 150 valence electrons. The molecule has 1 aromatic rings. The Morgan fingerprint density at radius 2 is 1.64 bits per heavy atom. The SMILES string of the molecule is O=C1NC2(CCCCC2)C(=O)N1CC(=O)N(c1ccccc1)C1CCCCC1. The number of para-hydroxylation sites is 1. The summed E-state index contributed by atoms with van der Waals surface area (Å²) in [7, 11) is 0. The van der Waals surface area contributed by atoms with Crippen molar-refractivity contribution in [3.8, 4) is 0 Å². The van der Waals surface area contributed by atoms with Gasteiger partial charge in [-0.3, -0.25) is 14.5 Å². The molecule has 6 heteroatoms. The van der Waals surface area contributed by atoms with Crippen molar-refractivity contribution in [1.82, 2.24) is 10.2 Å². The van der Waals surface area contributed by atoms with Crippen LogP contribution in [0.15, 0.2) is 30.3 Å². The molecule has 6 nitrogen and oxygen atoms in total. The second-order valence-electron chi connectivity index (χ2n) is 8.36. The first-order chi connectivity index (χ1) is 13.6. The number of imide groups is 1. The summed E-state index contributed by atoms with van der Waals surface area (Å²) in [6.45, 7) is -0.183. The average molecular weight is 383 g/mol. The fourth-order valence-corrected chi connectivity index (χ4v) is 5.01. The Hall–Kier alpha value is -2.37. The second kappa shape index (κ2) is 7.94. The third kappa shape index (κ3) is 3.52. The lowest BCUT2D eigenvalue weighted by Gasteiger charge is -2.35. The van der Waals surface area contributed by atoms with Gasteiger partial charge in [-0.15, -0.1) is 0 Å². The van der Waals surface area contributed by atoms with Crippen LogP contribution in [0.4, 0.5) is 10.5 Å². The molecule has 4 amide bonds. The van der Waals surface area contributed by atoms with Gasteiger partial charge < -0.3 is 10.2 Å². The monoisotopic (exact) mass is 383 g/mol. The standard InChI is InChI=1S/C22H29N3O3/c26-19(16-24-20(27)22(23-21(24)28)14-8-3-9-15-22)25(17-10-4-1-5-11-17)18-12-6-2-7-13-18/h1,4-5,10-11,18H,2-3,6-9,12-16H2,(H,23,28). The summed E-state index contributed by atoms with van der Waals surface area (Å²) in [5.41, 5.74) is 0.0664. The van der Waals surface area contributed by atoms with E-state index in [0.717, 1.165) is 55.5 Å². The van der Waals surface area contributed by atoms with Gasteiger partial charge in [-0.2, -0.15) is 0 Å². The van der Waals surface area contributed by atoms with Crippen molar-refractivity contribution < 1.29 is 14.4 Å². The number of nitrogens with zero attached hydrogens (tertiary/aromatic N) is 2. The van der Waals surface area contributed by atoms with Crippen LogP contribution in [0.2, 0.25) is 0 Å². The number of anilines is 1. The van der Waals surface area contributed by atoms with Crippen LogP contribution in [-0.4, -0.2) is 40.9 Å². The van der Waals surface area contributed by atoms with Gasteiger partial charge in [0.1, 0.15) is 12.1 Å². The highest BCUT2D eigenvalue weighted by atomic mass is 16.2. The number of benzene rings is 1. The minimum atomic E-state index is -0.780. The van der Waals surface area contributed by atoms with E-state index in [0.29, 0.717) is 12.8 Å². The number of hydrogen-bond donors (Lipinski definition) is 1. The fourth-order valence-electron chi connectivity index (χ4n) is 5.01. The molecular weight excluding hydrogens is 354 g/mol. The smallest absolute Gasteiger partial charge is 0.323 e. The summed E-state index contributed by atoms with van der Waals surface area (Å²) in [4.78, 5) is 41.9. The van der Waals surface area contributed by atoms with Crippen molar-refractivity contribution in [2.24, 2.45) is 0 Å². The number of rotatable bonds is 4.